The molecule has 1 aromatic rings. The largest absolute Gasteiger partial charge is 0.307 e. The van der Waals surface area contributed by atoms with Crippen molar-refractivity contribution in [1.82, 2.24) is 0 Å². The fraction of sp³-hybridized carbons (Fsp3) is 0.562. The van der Waals surface area contributed by atoms with Gasteiger partial charge in [-0.1, -0.05) is 72.2 Å². The Morgan fingerprint density at radius 2 is 1.18 bits per heavy atom. The van der Waals surface area contributed by atoms with Crippen LogP contribution in [0.5, 0.6) is 0 Å². The minimum atomic E-state index is 1.15. The van der Waals surface area contributed by atoms with E-state index in [1.807, 2.05) is 34.5 Å². The SMILES string of the molecule is C=O.CC.CC.CCCc1ccc(CC)cc1. The average molecular weight is 238 g/mol. The van der Waals surface area contributed by atoms with Crippen molar-refractivity contribution in [3.05, 3.63) is 35.4 Å². The van der Waals surface area contributed by atoms with Crippen LogP contribution in [0.2, 0.25) is 0 Å². The summed E-state index contributed by atoms with van der Waals surface area (Å²) in [6.45, 7) is 14.4. The van der Waals surface area contributed by atoms with Gasteiger partial charge in [-0.25, -0.2) is 0 Å². The van der Waals surface area contributed by atoms with Gasteiger partial charge in [0.2, 0.25) is 0 Å². The topological polar surface area (TPSA) is 17.1 Å². The van der Waals surface area contributed by atoms with Crippen LogP contribution < -0.4 is 0 Å². The molecule has 17 heavy (non-hydrogen) atoms. The standard InChI is InChI=1S/C11H16.2C2H6.CH2O/c1-3-5-11-8-6-10(4-2)7-9-11;3*1-2/h6-9H,3-5H2,1-2H3;2*1-2H3;1H2. The van der Waals surface area contributed by atoms with Crippen molar-refractivity contribution in [3.63, 3.8) is 0 Å². The summed E-state index contributed by atoms with van der Waals surface area (Å²) in [5.74, 6) is 0. The summed E-state index contributed by atoms with van der Waals surface area (Å²) in [7, 11) is 0. The number of rotatable bonds is 3. The number of carbonyl (C=O) groups is 1. The summed E-state index contributed by atoms with van der Waals surface area (Å²) in [6, 6.07) is 8.93. The van der Waals surface area contributed by atoms with Gasteiger partial charge in [-0.15, -0.1) is 0 Å². The van der Waals surface area contributed by atoms with Crippen molar-refractivity contribution < 1.29 is 4.79 Å². The van der Waals surface area contributed by atoms with Gasteiger partial charge in [-0.05, 0) is 24.0 Å². The molecule has 1 nitrogen and oxygen atoms in total. The highest BCUT2D eigenvalue weighted by Gasteiger charge is 1.90. The molecule has 100 valence electrons. The molecule has 0 bridgehead atoms. The van der Waals surface area contributed by atoms with Crippen LogP contribution in [0.15, 0.2) is 24.3 Å². The molecule has 0 heterocycles. The van der Waals surface area contributed by atoms with E-state index in [2.05, 4.69) is 38.1 Å². The van der Waals surface area contributed by atoms with Crippen molar-refractivity contribution in [1.29, 1.82) is 0 Å². The van der Waals surface area contributed by atoms with Crippen LogP contribution in [-0.2, 0) is 17.6 Å². The van der Waals surface area contributed by atoms with E-state index in [1.165, 1.54) is 24.0 Å². The Bertz CT molecular complexity index is 213. The molecule has 1 heteroatoms. The maximum Gasteiger partial charge on any atom is 0.106 e. The minimum absolute atomic E-state index is 1.15. The van der Waals surface area contributed by atoms with Crippen LogP contribution in [0.25, 0.3) is 0 Å². The number of benzene rings is 1. The van der Waals surface area contributed by atoms with Crippen molar-refractivity contribution >= 4 is 6.79 Å². The summed E-state index contributed by atoms with van der Waals surface area (Å²) >= 11 is 0. The monoisotopic (exact) mass is 238 g/mol. The van der Waals surface area contributed by atoms with Crippen LogP contribution in [0.1, 0.15) is 59.1 Å². The number of hydrogen-bond acceptors (Lipinski definition) is 1. The smallest absolute Gasteiger partial charge is 0.106 e. The lowest BCUT2D eigenvalue weighted by molar-refractivity contribution is -0.0979. The first-order valence-corrected chi connectivity index (χ1v) is 6.73. The highest BCUT2D eigenvalue weighted by Crippen LogP contribution is 2.06. The molecule has 0 amide bonds. The van der Waals surface area contributed by atoms with Crippen LogP contribution in [0.3, 0.4) is 0 Å². The summed E-state index contributed by atoms with van der Waals surface area (Å²) in [4.78, 5) is 8.00. The molecule has 0 N–H and O–H groups in total. The lowest BCUT2D eigenvalue weighted by Gasteiger charge is -1.99. The maximum absolute atomic E-state index is 8.00. The number of carbonyl (C=O) groups excluding carboxylic acids is 1. The van der Waals surface area contributed by atoms with Gasteiger partial charge in [0, 0.05) is 0 Å². The number of hydrogen-bond donors (Lipinski definition) is 0. The molecule has 1 aromatic carbocycles. The molecule has 0 spiro atoms. The zero-order valence-corrected chi connectivity index (χ0v) is 12.5. The van der Waals surface area contributed by atoms with Gasteiger partial charge in [0.15, 0.2) is 0 Å². The Morgan fingerprint density at radius 3 is 1.47 bits per heavy atom. The second-order valence-electron chi connectivity index (χ2n) is 2.92. The quantitative estimate of drug-likeness (QED) is 0.718. The van der Waals surface area contributed by atoms with Gasteiger partial charge in [0.25, 0.3) is 0 Å². The zero-order chi connectivity index (χ0) is 14.1. The lowest BCUT2D eigenvalue weighted by atomic mass is 10.1. The molecule has 1 rings (SSSR count). The van der Waals surface area contributed by atoms with Crippen LogP contribution >= 0.6 is 0 Å². The normalized spacial score (nSPS) is 7.41. The fourth-order valence-electron chi connectivity index (χ4n) is 1.23. The van der Waals surface area contributed by atoms with Gasteiger partial charge < -0.3 is 4.79 Å². The zero-order valence-electron chi connectivity index (χ0n) is 12.5. The van der Waals surface area contributed by atoms with Crippen molar-refractivity contribution in [2.24, 2.45) is 0 Å². The molecular weight excluding hydrogens is 208 g/mol. The third kappa shape index (κ3) is 12.8. The fourth-order valence-corrected chi connectivity index (χ4v) is 1.23. The first kappa shape index (κ1) is 21.2. The Morgan fingerprint density at radius 1 is 0.824 bits per heavy atom. The molecular formula is C16H30O. The Hall–Kier alpha value is -1.11. The van der Waals surface area contributed by atoms with Gasteiger partial charge in [-0.3, -0.25) is 0 Å². The van der Waals surface area contributed by atoms with Crippen LogP contribution in [-0.4, -0.2) is 6.79 Å². The van der Waals surface area contributed by atoms with E-state index in [9.17, 15) is 0 Å². The van der Waals surface area contributed by atoms with E-state index in [0.717, 1.165) is 6.42 Å². The molecule has 0 radical (unpaired) electrons. The molecule has 0 aromatic heterocycles. The maximum atomic E-state index is 8.00. The van der Waals surface area contributed by atoms with Gasteiger partial charge in [0.1, 0.15) is 6.79 Å². The first-order chi connectivity index (χ1) is 8.36. The summed E-state index contributed by atoms with van der Waals surface area (Å²) in [6.07, 6.45) is 3.60. The average Bonchev–Trinajstić information content (AvgIpc) is 2.46. The Labute approximate surface area is 108 Å². The minimum Gasteiger partial charge on any atom is -0.307 e. The summed E-state index contributed by atoms with van der Waals surface area (Å²) in [5, 5.41) is 0. The molecule has 0 aliphatic rings. The highest BCUT2D eigenvalue weighted by molar-refractivity contribution is 5.22. The molecule has 0 saturated carbocycles. The molecule has 0 fully saturated rings. The van der Waals surface area contributed by atoms with Crippen molar-refractivity contribution in [3.8, 4) is 0 Å². The molecule has 0 aliphatic heterocycles. The van der Waals surface area contributed by atoms with Crippen molar-refractivity contribution in [2.45, 2.75) is 60.8 Å². The lowest BCUT2D eigenvalue weighted by Crippen LogP contribution is -1.84. The third-order valence-electron chi connectivity index (χ3n) is 1.97. The molecule has 0 saturated heterocycles. The summed E-state index contributed by atoms with van der Waals surface area (Å²) < 4.78 is 0. The van der Waals surface area contributed by atoms with E-state index in [1.54, 1.807) is 0 Å². The van der Waals surface area contributed by atoms with E-state index in [-0.39, 0.29) is 0 Å². The predicted molar refractivity (Wildman–Crippen MR) is 79.6 cm³/mol. The summed E-state index contributed by atoms with van der Waals surface area (Å²) in [5.41, 5.74) is 2.90. The first-order valence-electron chi connectivity index (χ1n) is 6.73. The molecule has 0 unspecified atom stereocenters. The van der Waals surface area contributed by atoms with E-state index in [4.69, 9.17) is 4.79 Å². The van der Waals surface area contributed by atoms with Gasteiger partial charge in [0.05, 0.1) is 0 Å². The molecule has 0 aliphatic carbocycles. The van der Waals surface area contributed by atoms with E-state index >= 15 is 0 Å². The predicted octanol–water partition coefficient (Wildman–Crippen LogP) is 5.07. The Kier molecular flexibility index (Phi) is 25.3. The Balaban J connectivity index is -0.000000285. The van der Waals surface area contributed by atoms with Gasteiger partial charge >= 0.3 is 0 Å². The molecule has 0 atom stereocenters. The van der Waals surface area contributed by atoms with Crippen LogP contribution in [0, 0.1) is 0 Å². The van der Waals surface area contributed by atoms with E-state index in [0.29, 0.717) is 0 Å². The second-order valence-corrected chi connectivity index (χ2v) is 2.92. The van der Waals surface area contributed by atoms with Crippen LogP contribution in [0.4, 0.5) is 0 Å². The highest BCUT2D eigenvalue weighted by atomic mass is 16.1. The number of aryl methyl sites for hydroxylation is 2. The van der Waals surface area contributed by atoms with E-state index < -0.39 is 0 Å². The van der Waals surface area contributed by atoms with Gasteiger partial charge in [-0.2, -0.15) is 0 Å². The second kappa shape index (κ2) is 20.3. The third-order valence-corrected chi connectivity index (χ3v) is 1.97. The van der Waals surface area contributed by atoms with Crippen molar-refractivity contribution in [2.75, 3.05) is 0 Å².